The van der Waals surface area contributed by atoms with E-state index in [1.165, 1.54) is 6.07 Å². The van der Waals surface area contributed by atoms with E-state index >= 15 is 0 Å². The molecule has 0 saturated heterocycles. The SMILES string of the molecule is CN(C)c1ccc(-c2cc(=O)c3cc(Cl)ccc3o2)cc1. The van der Waals surface area contributed by atoms with Crippen molar-refractivity contribution in [3.05, 3.63) is 63.8 Å². The Morgan fingerprint density at radius 3 is 2.38 bits per heavy atom. The van der Waals surface area contributed by atoms with Crippen molar-refractivity contribution < 1.29 is 4.42 Å². The molecule has 0 atom stereocenters. The Balaban J connectivity index is 2.12. The van der Waals surface area contributed by atoms with Crippen molar-refractivity contribution in [3.63, 3.8) is 0 Å². The summed E-state index contributed by atoms with van der Waals surface area (Å²) in [5.74, 6) is 0.556. The summed E-state index contributed by atoms with van der Waals surface area (Å²) in [6, 6.07) is 14.4. The molecule has 0 spiro atoms. The summed E-state index contributed by atoms with van der Waals surface area (Å²) < 4.78 is 5.81. The number of anilines is 1. The summed E-state index contributed by atoms with van der Waals surface area (Å²) in [4.78, 5) is 14.2. The normalized spacial score (nSPS) is 10.8. The Morgan fingerprint density at radius 1 is 1.00 bits per heavy atom. The molecule has 0 aliphatic carbocycles. The van der Waals surface area contributed by atoms with Gasteiger partial charge < -0.3 is 9.32 Å². The molecule has 0 radical (unpaired) electrons. The number of fused-ring (bicyclic) bond motifs is 1. The van der Waals surface area contributed by atoms with Gasteiger partial charge in [-0.2, -0.15) is 0 Å². The monoisotopic (exact) mass is 299 g/mol. The molecule has 3 nitrogen and oxygen atoms in total. The Hall–Kier alpha value is -2.26. The molecule has 0 bridgehead atoms. The first-order valence-electron chi connectivity index (χ1n) is 6.56. The first kappa shape index (κ1) is 13.7. The quantitative estimate of drug-likeness (QED) is 0.712. The molecule has 0 saturated carbocycles. The van der Waals surface area contributed by atoms with E-state index in [0.29, 0.717) is 21.8 Å². The van der Waals surface area contributed by atoms with Gasteiger partial charge in [-0.15, -0.1) is 0 Å². The molecule has 2 aromatic carbocycles. The second-order valence-electron chi connectivity index (χ2n) is 5.06. The van der Waals surface area contributed by atoms with Crippen molar-refractivity contribution in [2.45, 2.75) is 0 Å². The maximum absolute atomic E-state index is 12.2. The van der Waals surface area contributed by atoms with Crippen LogP contribution in [-0.4, -0.2) is 14.1 Å². The van der Waals surface area contributed by atoms with Gasteiger partial charge in [-0.1, -0.05) is 11.6 Å². The molecule has 0 aliphatic rings. The minimum Gasteiger partial charge on any atom is -0.456 e. The second kappa shape index (κ2) is 5.26. The lowest BCUT2D eigenvalue weighted by atomic mass is 10.1. The zero-order chi connectivity index (χ0) is 15.0. The smallest absolute Gasteiger partial charge is 0.193 e. The van der Waals surface area contributed by atoms with Crippen molar-refractivity contribution in [3.8, 4) is 11.3 Å². The standard InChI is InChI=1S/C17H14ClNO2/c1-19(2)13-6-3-11(4-7-13)17-10-15(20)14-9-12(18)5-8-16(14)21-17/h3-10H,1-2H3. The summed E-state index contributed by atoms with van der Waals surface area (Å²) in [5.41, 5.74) is 2.41. The molecular weight excluding hydrogens is 286 g/mol. The number of halogens is 1. The molecule has 3 rings (SSSR count). The second-order valence-corrected chi connectivity index (χ2v) is 5.49. The van der Waals surface area contributed by atoms with Gasteiger partial charge in [0, 0.05) is 36.4 Å². The predicted octanol–water partition coefficient (Wildman–Crippen LogP) is 4.18. The third-order valence-corrected chi connectivity index (χ3v) is 3.59. The third-order valence-electron chi connectivity index (χ3n) is 3.36. The molecule has 1 aromatic heterocycles. The summed E-state index contributed by atoms with van der Waals surface area (Å²) in [7, 11) is 3.96. The third kappa shape index (κ3) is 2.65. The molecule has 4 heteroatoms. The van der Waals surface area contributed by atoms with Crippen molar-refractivity contribution in [2.24, 2.45) is 0 Å². The molecule has 0 amide bonds. The molecule has 106 valence electrons. The maximum Gasteiger partial charge on any atom is 0.193 e. The number of hydrogen-bond acceptors (Lipinski definition) is 3. The van der Waals surface area contributed by atoms with Crippen molar-refractivity contribution in [2.75, 3.05) is 19.0 Å². The molecule has 1 heterocycles. The fourth-order valence-electron chi connectivity index (χ4n) is 2.19. The average Bonchev–Trinajstić information content (AvgIpc) is 2.48. The highest BCUT2D eigenvalue weighted by atomic mass is 35.5. The first-order chi connectivity index (χ1) is 10.0. The van der Waals surface area contributed by atoms with E-state index in [0.717, 1.165) is 11.3 Å². The van der Waals surface area contributed by atoms with Crippen LogP contribution in [-0.2, 0) is 0 Å². The van der Waals surface area contributed by atoms with E-state index in [4.69, 9.17) is 16.0 Å². The van der Waals surface area contributed by atoms with Crippen molar-refractivity contribution in [1.82, 2.24) is 0 Å². The maximum atomic E-state index is 12.2. The minimum atomic E-state index is -0.0922. The lowest BCUT2D eigenvalue weighted by molar-refractivity contribution is 0.619. The summed E-state index contributed by atoms with van der Waals surface area (Å²) in [5, 5.41) is 1.02. The topological polar surface area (TPSA) is 33.5 Å². The fourth-order valence-corrected chi connectivity index (χ4v) is 2.37. The van der Waals surface area contributed by atoms with E-state index in [9.17, 15) is 4.79 Å². The Labute approximate surface area is 127 Å². The number of hydrogen-bond donors (Lipinski definition) is 0. The summed E-state index contributed by atoms with van der Waals surface area (Å²) in [6.45, 7) is 0. The number of benzene rings is 2. The zero-order valence-corrected chi connectivity index (χ0v) is 12.5. The average molecular weight is 300 g/mol. The highest BCUT2D eigenvalue weighted by molar-refractivity contribution is 6.31. The van der Waals surface area contributed by atoms with Crippen LogP contribution in [0.1, 0.15) is 0 Å². The van der Waals surface area contributed by atoms with Crippen molar-refractivity contribution in [1.29, 1.82) is 0 Å². The lowest BCUT2D eigenvalue weighted by Gasteiger charge is -2.12. The Kier molecular flexibility index (Phi) is 3.43. The van der Waals surface area contributed by atoms with E-state index in [1.807, 2.05) is 43.3 Å². The molecule has 21 heavy (non-hydrogen) atoms. The largest absolute Gasteiger partial charge is 0.456 e. The van der Waals surface area contributed by atoms with Gasteiger partial charge >= 0.3 is 0 Å². The van der Waals surface area contributed by atoms with E-state index in [-0.39, 0.29) is 5.43 Å². The van der Waals surface area contributed by atoms with Crippen LogP contribution < -0.4 is 10.3 Å². The summed E-state index contributed by atoms with van der Waals surface area (Å²) >= 11 is 5.91. The van der Waals surface area contributed by atoms with Gasteiger partial charge in [0.2, 0.25) is 0 Å². The van der Waals surface area contributed by atoms with Gasteiger partial charge in [0.15, 0.2) is 5.43 Å². The van der Waals surface area contributed by atoms with Gasteiger partial charge in [0.1, 0.15) is 11.3 Å². The number of rotatable bonds is 2. The molecule has 0 unspecified atom stereocenters. The molecule has 0 fully saturated rings. The molecule has 0 aliphatic heterocycles. The molecule has 3 aromatic rings. The summed E-state index contributed by atoms with van der Waals surface area (Å²) in [6.07, 6.45) is 0. The molecule has 0 N–H and O–H groups in total. The van der Waals surface area contributed by atoms with Gasteiger partial charge in [0.05, 0.1) is 5.39 Å². The molecular formula is C17H14ClNO2. The van der Waals surface area contributed by atoms with Crippen LogP contribution in [0.4, 0.5) is 5.69 Å². The van der Waals surface area contributed by atoms with E-state index in [2.05, 4.69) is 0 Å². The number of nitrogens with zero attached hydrogens (tertiary/aromatic N) is 1. The highest BCUT2D eigenvalue weighted by Gasteiger charge is 2.07. The lowest BCUT2D eigenvalue weighted by Crippen LogP contribution is -2.08. The van der Waals surface area contributed by atoms with Crippen LogP contribution in [0.3, 0.4) is 0 Å². The Morgan fingerprint density at radius 2 is 1.71 bits per heavy atom. The van der Waals surface area contributed by atoms with Crippen LogP contribution in [0, 0.1) is 0 Å². The van der Waals surface area contributed by atoms with E-state index in [1.54, 1.807) is 18.2 Å². The predicted molar refractivity (Wildman–Crippen MR) is 87.3 cm³/mol. The zero-order valence-electron chi connectivity index (χ0n) is 11.8. The van der Waals surface area contributed by atoms with Crippen molar-refractivity contribution >= 4 is 28.3 Å². The highest BCUT2D eigenvalue weighted by Crippen LogP contribution is 2.25. The van der Waals surface area contributed by atoms with Gasteiger partial charge in [-0.3, -0.25) is 4.79 Å². The van der Waals surface area contributed by atoms with Gasteiger partial charge in [-0.25, -0.2) is 0 Å². The van der Waals surface area contributed by atoms with Gasteiger partial charge in [-0.05, 0) is 42.5 Å². The van der Waals surface area contributed by atoms with E-state index < -0.39 is 0 Å². The fraction of sp³-hybridized carbons (Fsp3) is 0.118. The van der Waals surface area contributed by atoms with Crippen LogP contribution in [0.5, 0.6) is 0 Å². The van der Waals surface area contributed by atoms with Crippen LogP contribution in [0.25, 0.3) is 22.3 Å². The van der Waals surface area contributed by atoms with Crippen LogP contribution in [0.2, 0.25) is 5.02 Å². The van der Waals surface area contributed by atoms with Crippen LogP contribution >= 0.6 is 11.6 Å². The minimum absolute atomic E-state index is 0.0922. The van der Waals surface area contributed by atoms with Gasteiger partial charge in [0.25, 0.3) is 0 Å². The Bertz CT molecular complexity index is 851. The first-order valence-corrected chi connectivity index (χ1v) is 6.93. The van der Waals surface area contributed by atoms with Crippen LogP contribution in [0.15, 0.2) is 57.7 Å².